The topological polar surface area (TPSA) is 77.0 Å². The SMILES string of the molecule is NCCNc1ccc(N)c2cc3cnccc3cc12. The molecule has 0 aliphatic heterocycles. The molecule has 2 aromatic carbocycles. The quantitative estimate of drug-likeness (QED) is 0.494. The molecule has 0 saturated carbocycles. The Balaban J connectivity index is 2.28. The lowest BCUT2D eigenvalue weighted by Gasteiger charge is -2.12. The predicted molar refractivity (Wildman–Crippen MR) is 81.2 cm³/mol. The smallest absolute Gasteiger partial charge is 0.0422 e. The summed E-state index contributed by atoms with van der Waals surface area (Å²) in [5, 5.41) is 7.75. The Morgan fingerprint density at radius 2 is 1.89 bits per heavy atom. The van der Waals surface area contributed by atoms with Crippen LogP contribution in [-0.2, 0) is 0 Å². The molecular formula is C15H16N4. The van der Waals surface area contributed by atoms with E-state index in [0.29, 0.717) is 6.54 Å². The molecule has 0 unspecified atom stereocenters. The van der Waals surface area contributed by atoms with Gasteiger partial charge in [0.05, 0.1) is 0 Å². The third kappa shape index (κ3) is 2.06. The van der Waals surface area contributed by atoms with Crippen LogP contribution in [0.5, 0.6) is 0 Å². The molecule has 5 N–H and O–H groups in total. The molecule has 0 radical (unpaired) electrons. The maximum absolute atomic E-state index is 6.07. The van der Waals surface area contributed by atoms with Crippen LogP contribution < -0.4 is 16.8 Å². The standard InChI is InChI=1S/C15H16N4/c16-4-6-19-15-2-1-14(17)12-8-11-9-18-5-3-10(11)7-13(12)15/h1-3,5,7-9,19H,4,6,16-17H2. The Labute approximate surface area is 111 Å². The zero-order chi connectivity index (χ0) is 13.2. The first-order valence-electron chi connectivity index (χ1n) is 6.29. The number of hydrogen-bond acceptors (Lipinski definition) is 4. The van der Waals surface area contributed by atoms with E-state index in [0.717, 1.165) is 39.5 Å². The monoisotopic (exact) mass is 252 g/mol. The summed E-state index contributed by atoms with van der Waals surface area (Å²) in [5.41, 5.74) is 13.5. The maximum Gasteiger partial charge on any atom is 0.0422 e. The molecule has 3 aromatic rings. The van der Waals surface area contributed by atoms with Crippen LogP contribution >= 0.6 is 0 Å². The number of nitrogens with two attached hydrogens (primary N) is 2. The number of nitrogens with one attached hydrogen (secondary N) is 1. The van der Waals surface area contributed by atoms with Crippen molar-refractivity contribution in [2.75, 3.05) is 24.1 Å². The maximum atomic E-state index is 6.07. The van der Waals surface area contributed by atoms with Crippen molar-refractivity contribution >= 4 is 32.9 Å². The molecule has 3 rings (SSSR count). The molecule has 0 aliphatic rings. The van der Waals surface area contributed by atoms with E-state index in [9.17, 15) is 0 Å². The Kier molecular flexibility index (Phi) is 2.93. The van der Waals surface area contributed by atoms with Crippen molar-refractivity contribution < 1.29 is 0 Å². The average molecular weight is 252 g/mol. The molecule has 19 heavy (non-hydrogen) atoms. The number of aromatic nitrogens is 1. The van der Waals surface area contributed by atoms with Crippen molar-refractivity contribution in [2.45, 2.75) is 0 Å². The summed E-state index contributed by atoms with van der Waals surface area (Å²) >= 11 is 0. The van der Waals surface area contributed by atoms with E-state index in [-0.39, 0.29) is 0 Å². The minimum atomic E-state index is 0.601. The lowest BCUT2D eigenvalue weighted by molar-refractivity contribution is 1.03. The summed E-state index contributed by atoms with van der Waals surface area (Å²) < 4.78 is 0. The first-order chi connectivity index (χ1) is 9.29. The van der Waals surface area contributed by atoms with Gasteiger partial charge in [-0.15, -0.1) is 0 Å². The second-order valence-electron chi connectivity index (χ2n) is 4.54. The molecule has 1 heterocycles. The number of fused-ring (bicyclic) bond motifs is 2. The van der Waals surface area contributed by atoms with Gasteiger partial charge in [-0.3, -0.25) is 4.98 Å². The fourth-order valence-electron chi connectivity index (χ4n) is 2.31. The van der Waals surface area contributed by atoms with E-state index in [4.69, 9.17) is 11.5 Å². The van der Waals surface area contributed by atoms with Gasteiger partial charge in [0.1, 0.15) is 0 Å². The van der Waals surface area contributed by atoms with Crippen LogP contribution in [0.2, 0.25) is 0 Å². The molecule has 0 bridgehead atoms. The summed E-state index contributed by atoms with van der Waals surface area (Å²) in [7, 11) is 0. The van der Waals surface area contributed by atoms with Crippen molar-refractivity contribution in [3.05, 3.63) is 42.7 Å². The van der Waals surface area contributed by atoms with E-state index in [1.54, 1.807) is 6.20 Å². The molecule has 0 spiro atoms. The van der Waals surface area contributed by atoms with Crippen LogP contribution in [0.4, 0.5) is 11.4 Å². The Morgan fingerprint density at radius 3 is 2.74 bits per heavy atom. The van der Waals surface area contributed by atoms with Gasteiger partial charge >= 0.3 is 0 Å². The molecule has 0 saturated heterocycles. The highest BCUT2D eigenvalue weighted by atomic mass is 14.9. The van der Waals surface area contributed by atoms with E-state index in [1.807, 2.05) is 24.4 Å². The fourth-order valence-corrected chi connectivity index (χ4v) is 2.31. The van der Waals surface area contributed by atoms with Gasteiger partial charge in [-0.1, -0.05) is 0 Å². The van der Waals surface area contributed by atoms with Crippen LogP contribution in [0.3, 0.4) is 0 Å². The van der Waals surface area contributed by atoms with Crippen LogP contribution in [-0.4, -0.2) is 18.1 Å². The highest BCUT2D eigenvalue weighted by Gasteiger charge is 2.05. The number of pyridine rings is 1. The van der Waals surface area contributed by atoms with Crippen LogP contribution in [0.1, 0.15) is 0 Å². The van der Waals surface area contributed by atoms with Gasteiger partial charge in [0.25, 0.3) is 0 Å². The summed E-state index contributed by atoms with van der Waals surface area (Å²) in [6.07, 6.45) is 3.65. The van der Waals surface area contributed by atoms with Crippen molar-refractivity contribution in [3.63, 3.8) is 0 Å². The number of anilines is 2. The summed E-state index contributed by atoms with van der Waals surface area (Å²) in [5.74, 6) is 0. The molecule has 1 aromatic heterocycles. The van der Waals surface area contributed by atoms with Crippen molar-refractivity contribution in [2.24, 2.45) is 5.73 Å². The third-order valence-corrected chi connectivity index (χ3v) is 3.27. The lowest BCUT2D eigenvalue weighted by atomic mass is 10.0. The highest BCUT2D eigenvalue weighted by Crippen LogP contribution is 2.31. The van der Waals surface area contributed by atoms with Crippen molar-refractivity contribution in [3.8, 4) is 0 Å². The minimum absolute atomic E-state index is 0.601. The zero-order valence-electron chi connectivity index (χ0n) is 10.6. The van der Waals surface area contributed by atoms with Crippen LogP contribution in [0.15, 0.2) is 42.7 Å². The van der Waals surface area contributed by atoms with E-state index >= 15 is 0 Å². The molecule has 4 heteroatoms. The van der Waals surface area contributed by atoms with Gasteiger partial charge in [-0.2, -0.15) is 0 Å². The average Bonchev–Trinajstić information content (AvgIpc) is 2.45. The zero-order valence-corrected chi connectivity index (χ0v) is 10.6. The largest absolute Gasteiger partial charge is 0.398 e. The van der Waals surface area contributed by atoms with Gasteiger partial charge < -0.3 is 16.8 Å². The summed E-state index contributed by atoms with van der Waals surface area (Å²) in [4.78, 5) is 4.15. The molecule has 0 aliphatic carbocycles. The minimum Gasteiger partial charge on any atom is -0.398 e. The Bertz CT molecular complexity index is 737. The van der Waals surface area contributed by atoms with Gasteiger partial charge in [0, 0.05) is 53.0 Å². The number of nitrogen functional groups attached to an aromatic ring is 1. The molecule has 4 nitrogen and oxygen atoms in total. The molecular weight excluding hydrogens is 236 g/mol. The van der Waals surface area contributed by atoms with Crippen LogP contribution in [0.25, 0.3) is 21.5 Å². The number of benzene rings is 2. The van der Waals surface area contributed by atoms with Crippen molar-refractivity contribution in [1.82, 2.24) is 4.98 Å². The van der Waals surface area contributed by atoms with Crippen molar-refractivity contribution in [1.29, 1.82) is 0 Å². The molecule has 96 valence electrons. The van der Waals surface area contributed by atoms with Gasteiger partial charge in [0.2, 0.25) is 0 Å². The van der Waals surface area contributed by atoms with E-state index < -0.39 is 0 Å². The molecule has 0 fully saturated rings. The Morgan fingerprint density at radius 1 is 1.05 bits per heavy atom. The van der Waals surface area contributed by atoms with E-state index in [1.165, 1.54) is 0 Å². The Hall–Kier alpha value is -2.33. The van der Waals surface area contributed by atoms with E-state index in [2.05, 4.69) is 22.4 Å². The normalized spacial score (nSPS) is 11.0. The molecule has 0 atom stereocenters. The number of nitrogens with zero attached hydrogens (tertiary/aromatic N) is 1. The summed E-state index contributed by atoms with van der Waals surface area (Å²) in [6, 6.07) is 10.1. The highest BCUT2D eigenvalue weighted by molar-refractivity contribution is 6.08. The number of hydrogen-bond donors (Lipinski definition) is 3. The fraction of sp³-hybridized carbons (Fsp3) is 0.133. The number of rotatable bonds is 3. The van der Waals surface area contributed by atoms with Gasteiger partial charge in [0.15, 0.2) is 0 Å². The third-order valence-electron chi connectivity index (χ3n) is 3.27. The predicted octanol–water partition coefficient (Wildman–Crippen LogP) is 2.34. The second kappa shape index (κ2) is 4.74. The van der Waals surface area contributed by atoms with Crippen LogP contribution in [0, 0.1) is 0 Å². The van der Waals surface area contributed by atoms with Gasteiger partial charge in [-0.05, 0) is 35.7 Å². The first-order valence-corrected chi connectivity index (χ1v) is 6.29. The molecule has 0 amide bonds. The first kappa shape index (κ1) is 11.7. The van der Waals surface area contributed by atoms with Gasteiger partial charge in [-0.25, -0.2) is 0 Å². The lowest BCUT2D eigenvalue weighted by Crippen LogP contribution is -2.13. The summed E-state index contributed by atoms with van der Waals surface area (Å²) in [6.45, 7) is 1.34. The second-order valence-corrected chi connectivity index (χ2v) is 4.54.